The maximum absolute atomic E-state index is 12.9. The van der Waals surface area contributed by atoms with Crippen LogP contribution in [0.5, 0.6) is 5.75 Å². The molecule has 0 bridgehead atoms. The van der Waals surface area contributed by atoms with Gasteiger partial charge in [-0.25, -0.2) is 4.39 Å². The molecule has 0 saturated carbocycles. The molecule has 3 N–H and O–H groups in total. The predicted octanol–water partition coefficient (Wildman–Crippen LogP) is 0.874. The Labute approximate surface area is 86.2 Å². The van der Waals surface area contributed by atoms with Crippen LogP contribution < -0.4 is 15.8 Å². The zero-order chi connectivity index (χ0) is 10.8. The highest BCUT2D eigenvalue weighted by Gasteiger charge is 2.19. The van der Waals surface area contributed by atoms with Gasteiger partial charge in [0, 0.05) is 12.5 Å². The van der Waals surface area contributed by atoms with Gasteiger partial charge in [0.25, 0.3) is 0 Å². The van der Waals surface area contributed by atoms with E-state index < -0.39 is 11.9 Å². The van der Waals surface area contributed by atoms with Crippen molar-refractivity contribution >= 4 is 11.6 Å². The summed E-state index contributed by atoms with van der Waals surface area (Å²) in [5.41, 5.74) is 6.02. The monoisotopic (exact) mass is 210 g/mol. The molecule has 0 fully saturated rings. The van der Waals surface area contributed by atoms with Crippen LogP contribution >= 0.6 is 0 Å². The molecule has 4 nitrogen and oxygen atoms in total. The van der Waals surface area contributed by atoms with Gasteiger partial charge in [0.15, 0.2) is 0 Å². The molecule has 15 heavy (non-hydrogen) atoms. The number of hydrogen-bond acceptors (Lipinski definition) is 3. The summed E-state index contributed by atoms with van der Waals surface area (Å²) in [6.07, 6.45) is 0.418. The largest absolute Gasteiger partial charge is 0.491 e. The van der Waals surface area contributed by atoms with Crippen molar-refractivity contribution in [1.82, 2.24) is 0 Å². The van der Waals surface area contributed by atoms with E-state index in [1.54, 1.807) is 0 Å². The van der Waals surface area contributed by atoms with E-state index in [4.69, 9.17) is 10.5 Å². The topological polar surface area (TPSA) is 64.3 Å². The predicted molar refractivity (Wildman–Crippen MR) is 53.1 cm³/mol. The minimum absolute atomic E-state index is 0.272. The molecule has 1 unspecified atom stereocenters. The van der Waals surface area contributed by atoms with E-state index in [1.807, 2.05) is 0 Å². The van der Waals surface area contributed by atoms with Crippen molar-refractivity contribution in [2.45, 2.75) is 12.5 Å². The summed E-state index contributed by atoms with van der Waals surface area (Å²) in [5.74, 6) is -0.325. The van der Waals surface area contributed by atoms with Gasteiger partial charge in [-0.15, -0.1) is 0 Å². The van der Waals surface area contributed by atoms with Crippen LogP contribution in [0.25, 0.3) is 0 Å². The van der Waals surface area contributed by atoms with Crippen LogP contribution in [0.1, 0.15) is 6.42 Å². The number of amides is 1. The molecule has 1 aromatic rings. The van der Waals surface area contributed by atoms with Crippen LogP contribution in [0.2, 0.25) is 0 Å². The quantitative estimate of drug-likeness (QED) is 0.668. The molecule has 1 heterocycles. The van der Waals surface area contributed by atoms with Gasteiger partial charge in [-0.3, -0.25) is 4.79 Å². The second kappa shape index (κ2) is 3.86. The Morgan fingerprint density at radius 2 is 2.33 bits per heavy atom. The van der Waals surface area contributed by atoms with Crippen molar-refractivity contribution in [2.75, 3.05) is 11.9 Å². The molecule has 1 amide bonds. The standard InChI is InChI=1S/C10H11FN2O2/c11-6-1-2-8-9(5-6)15-4-3-7(12)10(14)13-8/h1-2,5,7H,3-4,12H2,(H,13,14). The molecule has 2 rings (SSSR count). The molecule has 0 aromatic heterocycles. The summed E-state index contributed by atoms with van der Waals surface area (Å²) < 4.78 is 18.2. The highest BCUT2D eigenvalue weighted by atomic mass is 19.1. The smallest absolute Gasteiger partial charge is 0.241 e. The van der Waals surface area contributed by atoms with E-state index in [2.05, 4.69) is 5.32 Å². The Balaban J connectivity index is 2.33. The number of nitrogens with two attached hydrogens (primary N) is 1. The fraction of sp³-hybridized carbons (Fsp3) is 0.300. The number of hydrogen-bond donors (Lipinski definition) is 2. The summed E-state index contributed by atoms with van der Waals surface area (Å²) in [5, 5.41) is 2.58. The fourth-order valence-electron chi connectivity index (χ4n) is 1.37. The number of benzene rings is 1. The third-order valence-electron chi connectivity index (χ3n) is 2.22. The minimum Gasteiger partial charge on any atom is -0.491 e. The van der Waals surface area contributed by atoms with E-state index in [0.29, 0.717) is 24.5 Å². The molecule has 1 aliphatic rings. The van der Waals surface area contributed by atoms with E-state index >= 15 is 0 Å². The van der Waals surface area contributed by atoms with Crippen LogP contribution in [0.4, 0.5) is 10.1 Å². The Morgan fingerprint density at radius 1 is 1.53 bits per heavy atom. The van der Waals surface area contributed by atoms with Gasteiger partial charge < -0.3 is 15.8 Å². The summed E-state index contributed by atoms with van der Waals surface area (Å²) in [7, 11) is 0. The van der Waals surface area contributed by atoms with Crippen LogP contribution in [-0.2, 0) is 4.79 Å². The number of halogens is 1. The van der Waals surface area contributed by atoms with Gasteiger partial charge in [-0.1, -0.05) is 0 Å². The second-order valence-corrected chi connectivity index (χ2v) is 3.37. The Morgan fingerprint density at radius 3 is 3.13 bits per heavy atom. The summed E-state index contributed by atoms with van der Waals surface area (Å²) in [6.45, 7) is 0.311. The molecule has 80 valence electrons. The van der Waals surface area contributed by atoms with Crippen molar-refractivity contribution in [3.8, 4) is 5.75 Å². The Bertz CT molecular complexity index is 395. The van der Waals surface area contributed by atoms with Gasteiger partial charge in [0.05, 0.1) is 18.3 Å². The summed E-state index contributed by atoms with van der Waals surface area (Å²) in [6, 6.07) is 3.38. The molecular formula is C10H11FN2O2. The summed E-state index contributed by atoms with van der Waals surface area (Å²) >= 11 is 0. The molecule has 0 radical (unpaired) electrons. The lowest BCUT2D eigenvalue weighted by Crippen LogP contribution is -2.38. The molecule has 0 saturated heterocycles. The van der Waals surface area contributed by atoms with Crippen molar-refractivity contribution in [3.63, 3.8) is 0 Å². The van der Waals surface area contributed by atoms with Crippen molar-refractivity contribution in [3.05, 3.63) is 24.0 Å². The van der Waals surface area contributed by atoms with Crippen molar-refractivity contribution in [1.29, 1.82) is 0 Å². The lowest BCUT2D eigenvalue weighted by Gasteiger charge is -2.19. The van der Waals surface area contributed by atoms with Gasteiger partial charge in [0.2, 0.25) is 5.91 Å². The first-order valence-electron chi connectivity index (χ1n) is 4.65. The first-order chi connectivity index (χ1) is 7.16. The van der Waals surface area contributed by atoms with Crippen LogP contribution in [-0.4, -0.2) is 18.6 Å². The highest BCUT2D eigenvalue weighted by Crippen LogP contribution is 2.26. The maximum Gasteiger partial charge on any atom is 0.241 e. The number of rotatable bonds is 0. The molecule has 1 atom stereocenters. The number of carbonyl (C=O) groups excluding carboxylic acids is 1. The molecule has 0 aliphatic carbocycles. The number of anilines is 1. The zero-order valence-electron chi connectivity index (χ0n) is 8.00. The van der Waals surface area contributed by atoms with Gasteiger partial charge in [-0.05, 0) is 12.1 Å². The minimum atomic E-state index is -0.580. The first kappa shape index (κ1) is 9.92. The third-order valence-corrected chi connectivity index (χ3v) is 2.22. The second-order valence-electron chi connectivity index (χ2n) is 3.37. The number of carbonyl (C=O) groups is 1. The van der Waals surface area contributed by atoms with E-state index in [-0.39, 0.29) is 5.91 Å². The van der Waals surface area contributed by atoms with Crippen molar-refractivity contribution < 1.29 is 13.9 Å². The Hall–Kier alpha value is -1.62. The highest BCUT2D eigenvalue weighted by molar-refractivity contribution is 5.96. The normalized spacial score (nSPS) is 20.7. The lowest BCUT2D eigenvalue weighted by molar-refractivity contribution is -0.117. The molecule has 0 spiro atoms. The lowest BCUT2D eigenvalue weighted by atomic mass is 10.2. The molecule has 1 aromatic carbocycles. The van der Waals surface area contributed by atoms with Crippen molar-refractivity contribution in [2.24, 2.45) is 5.73 Å². The van der Waals surface area contributed by atoms with E-state index in [1.165, 1.54) is 18.2 Å². The Kier molecular flexibility index (Phi) is 2.55. The average molecular weight is 210 g/mol. The number of fused-ring (bicyclic) bond motifs is 1. The first-order valence-corrected chi connectivity index (χ1v) is 4.65. The number of nitrogens with one attached hydrogen (secondary N) is 1. The average Bonchev–Trinajstić information content (AvgIpc) is 2.19. The molecule has 5 heteroatoms. The maximum atomic E-state index is 12.9. The van der Waals surface area contributed by atoms with E-state index in [9.17, 15) is 9.18 Å². The van der Waals surface area contributed by atoms with Crippen LogP contribution in [0.3, 0.4) is 0 Å². The van der Waals surface area contributed by atoms with Crippen LogP contribution in [0, 0.1) is 5.82 Å². The van der Waals surface area contributed by atoms with Gasteiger partial charge in [0.1, 0.15) is 11.6 Å². The van der Waals surface area contributed by atoms with E-state index in [0.717, 1.165) is 0 Å². The third kappa shape index (κ3) is 2.07. The fourth-order valence-corrected chi connectivity index (χ4v) is 1.37. The number of ether oxygens (including phenoxy) is 1. The van der Waals surface area contributed by atoms with Crippen LogP contribution in [0.15, 0.2) is 18.2 Å². The van der Waals surface area contributed by atoms with Gasteiger partial charge >= 0.3 is 0 Å². The van der Waals surface area contributed by atoms with Gasteiger partial charge in [-0.2, -0.15) is 0 Å². The summed E-state index contributed by atoms with van der Waals surface area (Å²) in [4.78, 5) is 11.4. The SMILES string of the molecule is NC1CCOc2cc(F)ccc2NC1=O. The molecular weight excluding hydrogens is 199 g/mol. The zero-order valence-corrected chi connectivity index (χ0v) is 8.00. The molecule has 1 aliphatic heterocycles.